The fraction of sp³-hybridized carbons (Fsp3) is 0.0625. The van der Waals surface area contributed by atoms with E-state index in [4.69, 9.17) is 5.11 Å². The Morgan fingerprint density at radius 2 is 1.86 bits per heavy atom. The Bertz CT molecular complexity index is 898. The van der Waals surface area contributed by atoms with Crippen molar-refractivity contribution >= 4 is 28.2 Å². The highest BCUT2D eigenvalue weighted by atomic mass is 32.1. The van der Waals surface area contributed by atoms with Gasteiger partial charge in [-0.3, -0.25) is 4.79 Å². The normalized spacial score (nSPS) is 10.7. The van der Waals surface area contributed by atoms with Crippen molar-refractivity contribution < 1.29 is 9.90 Å². The molecule has 1 aromatic carbocycles. The number of aromatic carboxylic acids is 1. The molecule has 0 bridgehead atoms. The highest BCUT2D eigenvalue weighted by molar-refractivity contribution is 7.11. The molecule has 0 unspecified atom stereocenters. The van der Waals surface area contributed by atoms with Crippen LogP contribution in [0.1, 0.15) is 15.2 Å². The molecule has 0 atom stereocenters. The summed E-state index contributed by atoms with van der Waals surface area (Å²) < 4.78 is -0.284. The van der Waals surface area contributed by atoms with Crippen molar-refractivity contribution in [1.82, 2.24) is 4.98 Å². The lowest BCUT2D eigenvalue weighted by atomic mass is 10.1. The van der Waals surface area contributed by atoms with Crippen LogP contribution < -0.4 is 4.74 Å². The maximum absolute atomic E-state index is 11.9. The molecule has 0 fully saturated rings. The van der Waals surface area contributed by atoms with E-state index < -0.39 is 5.97 Å². The van der Waals surface area contributed by atoms with E-state index in [2.05, 4.69) is 4.98 Å². The summed E-state index contributed by atoms with van der Waals surface area (Å²) >= 11 is 0.723. The Hall–Kier alpha value is -2.53. The molecule has 0 aliphatic heterocycles. The van der Waals surface area contributed by atoms with Crippen LogP contribution >= 0.6 is 11.3 Å². The molecule has 0 saturated carbocycles. The van der Waals surface area contributed by atoms with Gasteiger partial charge in [0.15, 0.2) is 0 Å². The van der Waals surface area contributed by atoms with Crippen LogP contribution in [-0.2, 0) is 0 Å². The van der Waals surface area contributed by atoms with Crippen LogP contribution in [0.3, 0.4) is 0 Å². The van der Waals surface area contributed by atoms with E-state index in [1.165, 1.54) is 6.07 Å². The molecule has 104 valence electrons. The zero-order valence-electron chi connectivity index (χ0n) is 11.2. The van der Waals surface area contributed by atoms with E-state index in [1.54, 1.807) is 12.1 Å². The van der Waals surface area contributed by atoms with Crippen LogP contribution in [0.5, 0.6) is 0 Å². The number of hydrogen-bond donors (Lipinski definition) is 1. The Labute approximate surface area is 124 Å². The average molecular weight is 297 g/mol. The molecule has 0 saturated heterocycles. The Balaban J connectivity index is 2.21. The lowest BCUT2D eigenvalue weighted by Gasteiger charge is -2.04. The van der Waals surface area contributed by atoms with Crippen molar-refractivity contribution in [3.8, 4) is 11.3 Å². The van der Waals surface area contributed by atoms with Gasteiger partial charge in [0, 0.05) is 5.56 Å². The summed E-state index contributed by atoms with van der Waals surface area (Å²) in [5.74, 6) is -1.11. The monoisotopic (exact) mass is 297 g/mol. The van der Waals surface area contributed by atoms with Crippen LogP contribution in [0.25, 0.3) is 22.2 Å². The van der Waals surface area contributed by atoms with Gasteiger partial charge >= 0.3 is 5.97 Å². The molecule has 0 aliphatic carbocycles. The van der Waals surface area contributed by atoms with Crippen molar-refractivity contribution in [2.24, 2.45) is 0 Å². The van der Waals surface area contributed by atoms with E-state index in [0.29, 0.717) is 10.9 Å². The van der Waals surface area contributed by atoms with Gasteiger partial charge in [-0.05, 0) is 25.1 Å². The predicted molar refractivity (Wildman–Crippen MR) is 83.0 cm³/mol. The zero-order valence-corrected chi connectivity index (χ0v) is 12.0. The number of fused-ring (bicyclic) bond motifs is 1. The molecule has 2 heterocycles. The number of benzene rings is 1. The fourth-order valence-electron chi connectivity index (χ4n) is 2.06. The minimum Gasteiger partial charge on any atom is -0.477 e. The zero-order chi connectivity index (χ0) is 15.0. The summed E-state index contributed by atoms with van der Waals surface area (Å²) in [5.41, 5.74) is 3.21. The Morgan fingerprint density at radius 3 is 2.52 bits per heavy atom. The topological polar surface area (TPSA) is 67.3 Å². The minimum atomic E-state index is -1.11. The summed E-state index contributed by atoms with van der Waals surface area (Å²) in [4.78, 5) is 27.4. The highest BCUT2D eigenvalue weighted by Crippen LogP contribution is 2.21. The van der Waals surface area contributed by atoms with Gasteiger partial charge in [0.05, 0.1) is 16.6 Å². The number of pyridine rings is 1. The fourth-order valence-corrected chi connectivity index (χ4v) is 2.80. The number of aromatic nitrogens is 1. The molecule has 0 aliphatic rings. The van der Waals surface area contributed by atoms with Gasteiger partial charge in [-0.15, -0.1) is 0 Å². The molecular formula is C16H11NO3S. The number of hydrogen-bond acceptors (Lipinski definition) is 4. The first-order chi connectivity index (χ1) is 10.0. The Kier molecular flexibility index (Phi) is 3.27. The Morgan fingerprint density at radius 1 is 1.14 bits per heavy atom. The summed E-state index contributed by atoms with van der Waals surface area (Å²) in [6, 6.07) is 12.8. The maximum atomic E-state index is 11.9. The second-order valence-corrected chi connectivity index (χ2v) is 5.71. The molecule has 0 spiro atoms. The lowest BCUT2D eigenvalue weighted by Crippen LogP contribution is -2.03. The van der Waals surface area contributed by atoms with Gasteiger partial charge < -0.3 is 5.11 Å². The molecule has 21 heavy (non-hydrogen) atoms. The summed E-state index contributed by atoms with van der Waals surface area (Å²) in [6.07, 6.45) is 0. The summed E-state index contributed by atoms with van der Waals surface area (Å²) in [7, 11) is 0. The number of nitrogens with zero attached hydrogens (tertiary/aromatic N) is 1. The van der Waals surface area contributed by atoms with Crippen molar-refractivity contribution in [2.75, 3.05) is 0 Å². The summed E-state index contributed by atoms with van der Waals surface area (Å²) in [6.45, 7) is 2.00. The third kappa shape index (κ3) is 2.55. The minimum absolute atomic E-state index is 0.000978. The van der Waals surface area contributed by atoms with E-state index in [9.17, 15) is 9.59 Å². The standard InChI is InChI=1S/C16H11NO3S/c1-9-2-4-10(5-3-9)12-7-6-11-13(17-12)8-14(15(18)19)21-16(11)20/h2-8H,1H3,(H,18,19). The SMILES string of the molecule is Cc1ccc(-c2ccc3c(=O)sc(C(=O)O)cc3n2)cc1. The smallest absolute Gasteiger partial charge is 0.346 e. The first kappa shape index (κ1) is 13.5. The van der Waals surface area contributed by atoms with Gasteiger partial charge in [0.1, 0.15) is 4.88 Å². The predicted octanol–water partition coefficient (Wildman–Crippen LogP) is 3.33. The van der Waals surface area contributed by atoms with E-state index in [0.717, 1.165) is 28.2 Å². The van der Waals surface area contributed by atoms with Gasteiger partial charge in [0.25, 0.3) is 0 Å². The second-order valence-electron chi connectivity index (χ2n) is 4.70. The van der Waals surface area contributed by atoms with Gasteiger partial charge in [0.2, 0.25) is 4.74 Å². The second kappa shape index (κ2) is 5.10. The molecular weight excluding hydrogens is 286 g/mol. The van der Waals surface area contributed by atoms with Crippen molar-refractivity contribution in [2.45, 2.75) is 6.92 Å². The van der Waals surface area contributed by atoms with Crippen LogP contribution in [0.15, 0.2) is 47.3 Å². The number of rotatable bonds is 2. The van der Waals surface area contributed by atoms with Crippen LogP contribution in [0.2, 0.25) is 0 Å². The number of aryl methyl sites for hydroxylation is 1. The van der Waals surface area contributed by atoms with Gasteiger partial charge in [-0.25, -0.2) is 9.78 Å². The summed E-state index contributed by atoms with van der Waals surface area (Å²) in [5, 5.41) is 9.47. The number of carboxylic acids is 1. The van der Waals surface area contributed by atoms with Gasteiger partial charge in [-0.2, -0.15) is 0 Å². The average Bonchev–Trinajstić information content (AvgIpc) is 2.47. The van der Waals surface area contributed by atoms with Crippen molar-refractivity contribution in [3.63, 3.8) is 0 Å². The number of carboxylic acid groups (broad SMARTS) is 1. The van der Waals surface area contributed by atoms with Crippen LogP contribution in [0.4, 0.5) is 0 Å². The first-order valence-corrected chi connectivity index (χ1v) is 7.11. The molecule has 0 radical (unpaired) electrons. The molecule has 3 rings (SSSR count). The quantitative estimate of drug-likeness (QED) is 0.788. The molecule has 1 N–H and O–H groups in total. The molecule has 5 heteroatoms. The van der Waals surface area contributed by atoms with E-state index >= 15 is 0 Å². The first-order valence-electron chi connectivity index (χ1n) is 6.30. The molecule has 0 amide bonds. The van der Waals surface area contributed by atoms with Crippen LogP contribution in [-0.4, -0.2) is 16.1 Å². The molecule has 4 nitrogen and oxygen atoms in total. The number of carbonyl (C=O) groups is 1. The van der Waals surface area contributed by atoms with Crippen molar-refractivity contribution in [3.05, 3.63) is 62.4 Å². The van der Waals surface area contributed by atoms with Crippen LogP contribution in [0, 0.1) is 6.92 Å². The largest absolute Gasteiger partial charge is 0.477 e. The molecule has 2 aromatic heterocycles. The highest BCUT2D eigenvalue weighted by Gasteiger charge is 2.10. The van der Waals surface area contributed by atoms with E-state index in [-0.39, 0.29) is 9.62 Å². The van der Waals surface area contributed by atoms with Crippen molar-refractivity contribution in [1.29, 1.82) is 0 Å². The molecule has 3 aromatic rings. The maximum Gasteiger partial charge on any atom is 0.346 e. The third-order valence-corrected chi connectivity index (χ3v) is 4.09. The lowest BCUT2D eigenvalue weighted by molar-refractivity contribution is 0.0702. The van der Waals surface area contributed by atoms with Gasteiger partial charge in [-0.1, -0.05) is 41.2 Å². The van der Waals surface area contributed by atoms with E-state index in [1.807, 2.05) is 31.2 Å². The third-order valence-electron chi connectivity index (χ3n) is 3.17.